The first-order chi connectivity index (χ1) is 33.5. The average molecular weight is 974 g/mol. The van der Waals surface area contributed by atoms with Crippen LogP contribution in [-0.2, 0) is 0 Å². The van der Waals surface area contributed by atoms with Crippen LogP contribution in [0.2, 0.25) is 0 Å². The van der Waals surface area contributed by atoms with Gasteiger partial charge < -0.3 is 15.6 Å². The standard InChI is InChI=1S/C15H13N5O5.2C13H9N5O5/c1-8-4-10(3)12(5-9(8)2)17-16-15-13(18(17)21)6-11(19(22)23)7-14(15)20(24)25;1-8-2-4-9(5-3-8)15-14-13-11(16(15)19)6-10(17(20)21)7-12(13)18(22)23;1-8-4-2-3-5-10(8)15-14-13-11(16(15)19)6-9(17(20)21)7-12(13)18(22)23/h4-7H,1-3H3;2*2-7H,1H3. The third-order valence-electron chi connectivity index (χ3n) is 10.7. The predicted molar refractivity (Wildman–Crippen MR) is 244 cm³/mol. The molecule has 3 heterocycles. The molecule has 0 spiro atoms. The van der Waals surface area contributed by atoms with Gasteiger partial charge in [-0.25, -0.2) is 0 Å². The maximum atomic E-state index is 12.6. The Bertz CT molecular complexity index is 3740. The number of rotatable bonds is 9. The molecule has 0 aliphatic carbocycles. The Morgan fingerprint density at radius 3 is 1.15 bits per heavy atom. The number of para-hydroxylation sites is 1. The van der Waals surface area contributed by atoms with Crippen molar-refractivity contribution in [2.24, 2.45) is 0 Å². The van der Waals surface area contributed by atoms with Crippen molar-refractivity contribution >= 4 is 67.2 Å². The van der Waals surface area contributed by atoms with Gasteiger partial charge in [0, 0.05) is 0 Å². The van der Waals surface area contributed by atoms with Gasteiger partial charge in [0.1, 0.15) is 17.1 Å². The number of hydrogen-bond acceptors (Lipinski definition) is 18. The Balaban J connectivity index is 0.000000157. The summed E-state index contributed by atoms with van der Waals surface area (Å²) in [6.45, 7) is 9.18. The van der Waals surface area contributed by atoms with Crippen LogP contribution < -0.4 is 14.5 Å². The monoisotopic (exact) mass is 973 g/mol. The Morgan fingerprint density at radius 2 is 0.761 bits per heavy atom. The lowest BCUT2D eigenvalue weighted by molar-refractivity contribution is -0.665. The van der Waals surface area contributed by atoms with Crippen LogP contribution in [0.5, 0.6) is 0 Å². The molecule has 0 atom stereocenters. The molecule has 0 saturated carbocycles. The quantitative estimate of drug-likeness (QED) is 0.0695. The second-order valence-corrected chi connectivity index (χ2v) is 15.4. The van der Waals surface area contributed by atoms with Crippen LogP contribution in [0.3, 0.4) is 0 Å². The van der Waals surface area contributed by atoms with Gasteiger partial charge in [0.05, 0.1) is 81.2 Å². The van der Waals surface area contributed by atoms with Crippen LogP contribution in [0.25, 0.3) is 50.2 Å². The highest BCUT2D eigenvalue weighted by Gasteiger charge is 2.34. The number of aryl methyl sites for hydroxylation is 5. The summed E-state index contributed by atoms with van der Waals surface area (Å²) in [7, 11) is 0. The topological polar surface area (TPSA) is 393 Å². The summed E-state index contributed by atoms with van der Waals surface area (Å²) in [5, 5.41) is 116. The Hall–Kier alpha value is -10.7. The number of hydrogen-bond donors (Lipinski definition) is 0. The van der Waals surface area contributed by atoms with Crippen LogP contribution in [-0.4, -0.2) is 59.2 Å². The van der Waals surface area contributed by atoms with Crippen LogP contribution in [0.4, 0.5) is 34.1 Å². The van der Waals surface area contributed by atoms with E-state index < -0.39 is 63.7 Å². The van der Waals surface area contributed by atoms with E-state index in [0.29, 0.717) is 31.6 Å². The minimum Gasteiger partial charge on any atom is -0.692 e. The fourth-order valence-corrected chi connectivity index (χ4v) is 7.05. The number of aromatic nitrogens is 9. The molecule has 0 amide bonds. The lowest BCUT2D eigenvalue weighted by atomic mass is 10.1. The van der Waals surface area contributed by atoms with E-state index in [1.165, 1.54) is 0 Å². The summed E-state index contributed by atoms with van der Waals surface area (Å²) in [4.78, 5) is 65.3. The van der Waals surface area contributed by atoms with Gasteiger partial charge in [0.25, 0.3) is 17.1 Å². The molecule has 71 heavy (non-hydrogen) atoms. The maximum absolute atomic E-state index is 12.6. The van der Waals surface area contributed by atoms with Gasteiger partial charge >= 0.3 is 33.6 Å². The second kappa shape index (κ2) is 18.5. The molecule has 0 N–H and O–H groups in total. The number of nitrogens with zero attached hydrogens (tertiary/aromatic N) is 15. The van der Waals surface area contributed by atoms with Gasteiger partial charge in [-0.2, -0.15) is 0 Å². The first-order valence-corrected chi connectivity index (χ1v) is 20.1. The second-order valence-electron chi connectivity index (χ2n) is 15.4. The largest absolute Gasteiger partial charge is 0.692 e. The first kappa shape index (κ1) is 48.3. The molecule has 0 aliphatic rings. The highest BCUT2D eigenvalue weighted by atomic mass is 16.6. The maximum Gasteiger partial charge on any atom is 0.334 e. The van der Waals surface area contributed by atoms with Gasteiger partial charge in [-0.1, -0.05) is 42.0 Å². The van der Waals surface area contributed by atoms with E-state index in [9.17, 15) is 76.3 Å². The van der Waals surface area contributed by atoms with Crippen molar-refractivity contribution in [2.75, 3.05) is 0 Å². The molecular weight excluding hydrogens is 943 g/mol. The highest BCUT2D eigenvalue weighted by molar-refractivity contribution is 5.86. The van der Waals surface area contributed by atoms with E-state index in [4.69, 9.17) is 0 Å². The minimum absolute atomic E-state index is 0.205. The van der Waals surface area contributed by atoms with E-state index in [1.54, 1.807) is 68.4 Å². The zero-order chi connectivity index (χ0) is 51.9. The average Bonchev–Trinajstić information content (AvgIpc) is 3.96. The van der Waals surface area contributed by atoms with Gasteiger partial charge in [-0.15, -0.1) is 14.5 Å². The van der Waals surface area contributed by atoms with Gasteiger partial charge in [-0.05, 0) is 95.5 Å². The summed E-state index contributed by atoms with van der Waals surface area (Å²) in [6.07, 6.45) is 0. The first-order valence-electron chi connectivity index (χ1n) is 20.1. The molecular formula is C41H31N15O15. The Morgan fingerprint density at radius 1 is 0.394 bits per heavy atom. The molecule has 360 valence electrons. The van der Waals surface area contributed by atoms with Crippen LogP contribution >= 0.6 is 0 Å². The third kappa shape index (κ3) is 9.10. The van der Waals surface area contributed by atoms with Gasteiger partial charge in [0.2, 0.25) is 16.6 Å². The number of nitro benzene ring substituents is 6. The predicted octanol–water partition coefficient (Wildman–Crippen LogP) is 5.97. The fraction of sp³-hybridized carbons (Fsp3) is 0.122. The number of benzene rings is 6. The normalized spacial score (nSPS) is 10.9. The molecule has 30 heteroatoms. The van der Waals surface area contributed by atoms with Crippen molar-refractivity contribution in [1.29, 1.82) is 0 Å². The molecule has 0 aliphatic heterocycles. The number of nitro groups is 6. The highest BCUT2D eigenvalue weighted by Crippen LogP contribution is 2.32. The van der Waals surface area contributed by atoms with E-state index in [1.807, 2.05) is 26.8 Å². The summed E-state index contributed by atoms with van der Waals surface area (Å²) in [6, 6.07) is 22.5. The van der Waals surface area contributed by atoms with Crippen molar-refractivity contribution in [1.82, 2.24) is 29.7 Å². The smallest absolute Gasteiger partial charge is 0.334 e. The molecule has 0 radical (unpaired) electrons. The van der Waals surface area contributed by atoms with Crippen molar-refractivity contribution in [2.45, 2.75) is 34.6 Å². The van der Waals surface area contributed by atoms with E-state index in [-0.39, 0.29) is 33.1 Å². The Kier molecular flexibility index (Phi) is 12.6. The zero-order valence-corrected chi connectivity index (χ0v) is 37.1. The summed E-state index contributed by atoms with van der Waals surface area (Å²) in [5.41, 5.74) is 0.889. The van der Waals surface area contributed by atoms with Gasteiger partial charge in [0.15, 0.2) is 0 Å². The molecule has 9 aromatic rings. The van der Waals surface area contributed by atoms with Crippen molar-refractivity contribution < 1.29 is 44.1 Å². The SMILES string of the molecule is Cc1cc(C)c(-n2nc3c([N+](=O)[O-])cc([N+](=O)[O-])cc3[n+]2[O-])cc1C.Cc1ccc(-n2nc3c([N+](=O)[O-])cc([N+](=O)[O-])cc3[n+]2[O-])cc1.Cc1ccccc1-n1nc2c([N+](=O)[O-])cc([N+](=O)[O-])cc2[n+]1[O-]. The molecule has 0 fully saturated rings. The van der Waals surface area contributed by atoms with Crippen LogP contribution in [0.15, 0.2) is 97.1 Å². The van der Waals surface area contributed by atoms with Gasteiger partial charge in [-0.3, -0.25) is 60.7 Å². The minimum atomic E-state index is -0.804. The van der Waals surface area contributed by atoms with E-state index in [0.717, 1.165) is 78.6 Å². The molecule has 3 aromatic heterocycles. The molecule has 0 bridgehead atoms. The summed E-state index contributed by atoms with van der Waals surface area (Å²) in [5.74, 6) is 0. The lowest BCUT2D eigenvalue weighted by Crippen LogP contribution is -2.37. The summed E-state index contributed by atoms with van der Waals surface area (Å²) < 4.78 is 0. The van der Waals surface area contributed by atoms with Crippen molar-refractivity contribution in [3.05, 3.63) is 201 Å². The number of fused-ring (bicyclic) bond motifs is 3. The molecule has 0 unspecified atom stereocenters. The molecule has 9 rings (SSSR count). The zero-order valence-electron chi connectivity index (χ0n) is 37.1. The van der Waals surface area contributed by atoms with E-state index >= 15 is 0 Å². The third-order valence-corrected chi connectivity index (χ3v) is 10.7. The fourth-order valence-electron chi connectivity index (χ4n) is 7.05. The molecule has 0 saturated heterocycles. The number of non-ortho nitro benzene ring substituents is 6. The van der Waals surface area contributed by atoms with Crippen LogP contribution in [0.1, 0.15) is 27.8 Å². The lowest BCUT2D eigenvalue weighted by Gasteiger charge is -2.09. The summed E-state index contributed by atoms with van der Waals surface area (Å²) >= 11 is 0. The Labute approximate surface area is 393 Å². The van der Waals surface area contributed by atoms with Crippen molar-refractivity contribution in [3.63, 3.8) is 0 Å². The molecule has 30 nitrogen and oxygen atoms in total. The van der Waals surface area contributed by atoms with Crippen LogP contribution in [0, 0.1) is 111 Å². The van der Waals surface area contributed by atoms with E-state index in [2.05, 4.69) is 15.3 Å². The van der Waals surface area contributed by atoms with Crippen molar-refractivity contribution in [3.8, 4) is 17.1 Å². The molecule has 6 aromatic carbocycles.